The van der Waals surface area contributed by atoms with E-state index in [1.807, 2.05) is 19.1 Å². The van der Waals surface area contributed by atoms with E-state index in [0.717, 1.165) is 11.1 Å². The molecule has 0 aliphatic heterocycles. The fourth-order valence-corrected chi connectivity index (χ4v) is 2.10. The summed E-state index contributed by atoms with van der Waals surface area (Å²) < 4.78 is 0. The molecule has 0 radical (unpaired) electrons. The molecule has 0 heterocycles. The molecule has 2 aromatic carbocycles. The van der Waals surface area contributed by atoms with Gasteiger partial charge in [-0.3, -0.25) is 4.79 Å². The average Bonchev–Trinajstić information content (AvgIpc) is 2.46. The molecule has 3 heteroatoms. The van der Waals surface area contributed by atoms with Gasteiger partial charge in [0.2, 0.25) is 0 Å². The molecule has 0 saturated heterocycles. The molecule has 100 valence electrons. The van der Waals surface area contributed by atoms with Crippen LogP contribution in [0.5, 0.6) is 0 Å². The van der Waals surface area contributed by atoms with Crippen molar-refractivity contribution >= 4 is 17.4 Å². The largest absolute Gasteiger partial charge is 0.294 e. The summed E-state index contributed by atoms with van der Waals surface area (Å²) in [6.45, 7) is 1.97. The molecule has 0 N–H and O–H groups in total. The fraction of sp³-hybridized carbons (Fsp3) is 0.176. The number of carbonyl (C=O) groups is 1. The maximum Gasteiger partial charge on any atom is 0.164 e. The molecule has 0 fully saturated rings. The summed E-state index contributed by atoms with van der Waals surface area (Å²) in [5.74, 6) is -0.465. The van der Waals surface area contributed by atoms with Crippen LogP contribution in [0, 0.1) is 18.3 Å². The number of carbonyl (C=O) groups excluding carboxylic acids is 1. The number of nitriles is 1. The molecule has 1 atom stereocenters. The number of Topliss-reactive ketones (excluding diaryl/α,β-unsaturated/α-hetero) is 1. The molecule has 0 bridgehead atoms. The van der Waals surface area contributed by atoms with Gasteiger partial charge in [0.05, 0.1) is 12.0 Å². The Hall–Kier alpha value is -2.11. The van der Waals surface area contributed by atoms with Crippen LogP contribution in [0.2, 0.25) is 5.02 Å². The Bertz CT molecular complexity index is 638. The number of ketones is 1. The number of rotatable bonds is 4. The van der Waals surface area contributed by atoms with E-state index >= 15 is 0 Å². The van der Waals surface area contributed by atoms with E-state index in [9.17, 15) is 10.1 Å². The molecule has 0 saturated carbocycles. The second-order valence-electron chi connectivity index (χ2n) is 4.73. The van der Waals surface area contributed by atoms with Crippen molar-refractivity contribution in [2.75, 3.05) is 0 Å². The molecule has 2 nitrogen and oxygen atoms in total. The number of nitrogens with zero attached hydrogens (tertiary/aromatic N) is 1. The Morgan fingerprint density at radius 3 is 2.30 bits per heavy atom. The molecular formula is C17H14ClNO. The lowest BCUT2D eigenvalue weighted by molar-refractivity contribution is 0.0979. The van der Waals surface area contributed by atoms with Crippen LogP contribution in [0.1, 0.15) is 33.8 Å². The second-order valence-corrected chi connectivity index (χ2v) is 5.16. The topological polar surface area (TPSA) is 40.9 Å². The maximum atomic E-state index is 12.2. The third-order valence-corrected chi connectivity index (χ3v) is 3.44. The lowest BCUT2D eigenvalue weighted by Gasteiger charge is -2.09. The summed E-state index contributed by atoms with van der Waals surface area (Å²) >= 11 is 5.83. The molecular weight excluding hydrogens is 270 g/mol. The van der Waals surface area contributed by atoms with Crippen molar-refractivity contribution in [1.82, 2.24) is 0 Å². The first kappa shape index (κ1) is 14.3. The van der Waals surface area contributed by atoms with Crippen LogP contribution in [-0.2, 0) is 0 Å². The van der Waals surface area contributed by atoms with Crippen LogP contribution in [0.15, 0.2) is 48.5 Å². The van der Waals surface area contributed by atoms with E-state index in [-0.39, 0.29) is 12.2 Å². The monoisotopic (exact) mass is 283 g/mol. The van der Waals surface area contributed by atoms with Crippen LogP contribution < -0.4 is 0 Å². The Balaban J connectivity index is 2.14. The zero-order valence-corrected chi connectivity index (χ0v) is 11.9. The molecule has 2 aromatic rings. The highest BCUT2D eigenvalue weighted by atomic mass is 35.5. The maximum absolute atomic E-state index is 12.2. The molecule has 0 spiro atoms. The number of aryl methyl sites for hydroxylation is 1. The number of halogens is 1. The Labute approximate surface area is 123 Å². The predicted molar refractivity (Wildman–Crippen MR) is 79.9 cm³/mol. The molecule has 0 aromatic heterocycles. The highest BCUT2D eigenvalue weighted by Gasteiger charge is 2.16. The Morgan fingerprint density at radius 2 is 1.75 bits per heavy atom. The number of hydrogen-bond donors (Lipinski definition) is 0. The molecule has 0 amide bonds. The summed E-state index contributed by atoms with van der Waals surface area (Å²) in [5.41, 5.74) is 2.57. The van der Waals surface area contributed by atoms with Crippen molar-refractivity contribution in [3.63, 3.8) is 0 Å². The van der Waals surface area contributed by atoms with Crippen molar-refractivity contribution in [3.8, 4) is 6.07 Å². The van der Waals surface area contributed by atoms with Gasteiger partial charge in [-0.2, -0.15) is 5.26 Å². The van der Waals surface area contributed by atoms with Gasteiger partial charge >= 0.3 is 0 Å². The first-order valence-electron chi connectivity index (χ1n) is 6.35. The van der Waals surface area contributed by atoms with E-state index in [1.54, 1.807) is 36.4 Å². The van der Waals surface area contributed by atoms with Gasteiger partial charge in [-0.15, -0.1) is 0 Å². The first-order valence-corrected chi connectivity index (χ1v) is 6.73. The van der Waals surface area contributed by atoms with E-state index < -0.39 is 5.92 Å². The van der Waals surface area contributed by atoms with Gasteiger partial charge in [0.1, 0.15) is 0 Å². The Kier molecular flexibility index (Phi) is 4.55. The first-order chi connectivity index (χ1) is 9.60. The van der Waals surface area contributed by atoms with Crippen LogP contribution in [-0.4, -0.2) is 5.78 Å². The zero-order valence-electron chi connectivity index (χ0n) is 11.1. The van der Waals surface area contributed by atoms with Gasteiger partial charge < -0.3 is 0 Å². The van der Waals surface area contributed by atoms with Gasteiger partial charge in [0, 0.05) is 17.0 Å². The van der Waals surface area contributed by atoms with Crippen LogP contribution in [0.4, 0.5) is 0 Å². The molecule has 2 rings (SSSR count). The molecule has 0 aliphatic carbocycles. The minimum absolute atomic E-state index is 0.0218. The average molecular weight is 284 g/mol. The van der Waals surface area contributed by atoms with Gasteiger partial charge in [0.15, 0.2) is 5.78 Å². The third kappa shape index (κ3) is 3.46. The van der Waals surface area contributed by atoms with Gasteiger partial charge in [0.25, 0.3) is 0 Å². The van der Waals surface area contributed by atoms with Gasteiger partial charge in [-0.05, 0) is 24.6 Å². The third-order valence-electron chi connectivity index (χ3n) is 3.19. The fourth-order valence-electron chi connectivity index (χ4n) is 1.98. The number of hydrogen-bond acceptors (Lipinski definition) is 2. The van der Waals surface area contributed by atoms with Crippen molar-refractivity contribution < 1.29 is 4.79 Å². The SMILES string of the molecule is Cc1ccc(C(=O)CC(C#N)c2ccc(Cl)cc2)cc1. The highest BCUT2D eigenvalue weighted by Crippen LogP contribution is 2.23. The lowest BCUT2D eigenvalue weighted by atomic mass is 9.92. The smallest absolute Gasteiger partial charge is 0.164 e. The van der Waals surface area contributed by atoms with Crippen LogP contribution in [0.3, 0.4) is 0 Å². The van der Waals surface area contributed by atoms with Crippen LogP contribution in [0.25, 0.3) is 0 Å². The summed E-state index contributed by atoms with van der Waals surface area (Å²) in [7, 11) is 0. The quantitative estimate of drug-likeness (QED) is 0.774. The molecule has 1 unspecified atom stereocenters. The summed E-state index contributed by atoms with van der Waals surface area (Å²) in [6.07, 6.45) is 0.182. The normalized spacial score (nSPS) is 11.7. The van der Waals surface area contributed by atoms with Crippen molar-refractivity contribution in [2.24, 2.45) is 0 Å². The second kappa shape index (κ2) is 6.36. The zero-order chi connectivity index (χ0) is 14.5. The van der Waals surface area contributed by atoms with E-state index in [4.69, 9.17) is 11.6 Å². The van der Waals surface area contributed by atoms with Crippen molar-refractivity contribution in [1.29, 1.82) is 5.26 Å². The minimum Gasteiger partial charge on any atom is -0.294 e. The highest BCUT2D eigenvalue weighted by molar-refractivity contribution is 6.30. The van der Waals surface area contributed by atoms with Gasteiger partial charge in [-0.1, -0.05) is 53.6 Å². The summed E-state index contributed by atoms with van der Waals surface area (Å²) in [4.78, 5) is 12.2. The lowest BCUT2D eigenvalue weighted by Crippen LogP contribution is -2.06. The summed E-state index contributed by atoms with van der Waals surface area (Å²) in [6, 6.07) is 16.6. The standard InChI is InChI=1S/C17H14ClNO/c1-12-2-4-14(5-3-12)17(20)10-15(11-19)13-6-8-16(18)9-7-13/h2-9,15H,10H2,1H3. The molecule has 0 aliphatic rings. The van der Waals surface area contributed by atoms with E-state index in [1.165, 1.54) is 0 Å². The molecule has 20 heavy (non-hydrogen) atoms. The predicted octanol–water partition coefficient (Wildman–Crippen LogP) is 4.53. The van der Waals surface area contributed by atoms with Crippen molar-refractivity contribution in [3.05, 3.63) is 70.2 Å². The van der Waals surface area contributed by atoms with Crippen molar-refractivity contribution in [2.45, 2.75) is 19.3 Å². The van der Waals surface area contributed by atoms with E-state index in [2.05, 4.69) is 6.07 Å². The van der Waals surface area contributed by atoms with Crippen LogP contribution >= 0.6 is 11.6 Å². The number of benzene rings is 2. The minimum atomic E-state index is -0.443. The van der Waals surface area contributed by atoms with E-state index in [0.29, 0.717) is 10.6 Å². The van der Waals surface area contributed by atoms with Gasteiger partial charge in [-0.25, -0.2) is 0 Å². The Morgan fingerprint density at radius 1 is 1.15 bits per heavy atom. The summed E-state index contributed by atoms with van der Waals surface area (Å²) in [5, 5.41) is 9.87.